The topological polar surface area (TPSA) is 105 Å². The predicted octanol–water partition coefficient (Wildman–Crippen LogP) is 2.12. The van der Waals surface area contributed by atoms with Crippen LogP contribution in [0, 0.1) is 10.1 Å². The number of nitrogens with zero attached hydrogens (tertiary/aromatic N) is 1. The highest BCUT2D eigenvalue weighted by Crippen LogP contribution is 2.44. The molecule has 0 saturated heterocycles. The van der Waals surface area contributed by atoms with E-state index < -0.39 is 22.8 Å². The first-order chi connectivity index (χ1) is 11.0. The largest absolute Gasteiger partial charge is 0.453 e. The van der Waals surface area contributed by atoms with Gasteiger partial charge in [-0.1, -0.05) is 12.1 Å². The molecule has 0 amide bonds. The van der Waals surface area contributed by atoms with E-state index >= 15 is 0 Å². The molecule has 2 aromatic rings. The Hall–Kier alpha value is -3.42. The highest BCUT2D eigenvalue weighted by atomic mass is 16.9. The number of hydrogen-bond acceptors (Lipinski definition) is 7. The van der Waals surface area contributed by atoms with Crippen LogP contribution in [0.25, 0.3) is 0 Å². The minimum atomic E-state index is -2.05. The van der Waals surface area contributed by atoms with Crippen molar-refractivity contribution < 1.29 is 28.7 Å². The van der Waals surface area contributed by atoms with Crippen molar-refractivity contribution in [3.05, 3.63) is 69.3 Å². The molecular weight excluding hydrogens is 306 g/mol. The Bertz CT molecular complexity index is 891. The molecular formula is C15H7NO7. The van der Waals surface area contributed by atoms with Crippen molar-refractivity contribution in [2.24, 2.45) is 0 Å². The minimum absolute atomic E-state index is 0.0154. The molecule has 1 atom stereocenters. The van der Waals surface area contributed by atoms with Gasteiger partial charge in [0, 0.05) is 6.07 Å². The first-order valence-corrected chi connectivity index (χ1v) is 6.54. The zero-order valence-corrected chi connectivity index (χ0v) is 11.3. The molecule has 0 bridgehead atoms. The van der Waals surface area contributed by atoms with Gasteiger partial charge in [0.1, 0.15) is 11.3 Å². The summed E-state index contributed by atoms with van der Waals surface area (Å²) in [6.45, 7) is 0. The predicted molar refractivity (Wildman–Crippen MR) is 72.7 cm³/mol. The molecule has 2 aliphatic heterocycles. The molecule has 0 aromatic heterocycles. The first kappa shape index (κ1) is 13.3. The van der Waals surface area contributed by atoms with E-state index in [4.69, 9.17) is 14.2 Å². The third-order valence-electron chi connectivity index (χ3n) is 3.57. The maximum Gasteiger partial charge on any atom is 0.453 e. The SMILES string of the molecule is O=C1OC2(OC(=O)c3ccccc32)Oc2cc([N+](=O)[O-])ccc21. The second kappa shape index (κ2) is 4.29. The molecule has 0 aliphatic carbocycles. The Morgan fingerprint density at radius 1 is 0.913 bits per heavy atom. The van der Waals surface area contributed by atoms with Crippen molar-refractivity contribution in [2.75, 3.05) is 0 Å². The average molecular weight is 313 g/mol. The highest BCUT2D eigenvalue weighted by Gasteiger charge is 2.55. The van der Waals surface area contributed by atoms with Crippen LogP contribution >= 0.6 is 0 Å². The molecule has 4 rings (SSSR count). The monoisotopic (exact) mass is 313 g/mol. The quantitative estimate of drug-likeness (QED) is 0.451. The number of benzene rings is 2. The van der Waals surface area contributed by atoms with E-state index in [1.807, 2.05) is 0 Å². The lowest BCUT2D eigenvalue weighted by Gasteiger charge is -2.32. The molecule has 2 heterocycles. The molecule has 1 unspecified atom stereocenters. The van der Waals surface area contributed by atoms with Crippen LogP contribution in [0.3, 0.4) is 0 Å². The van der Waals surface area contributed by atoms with Crippen LogP contribution in [0.15, 0.2) is 42.5 Å². The van der Waals surface area contributed by atoms with E-state index in [0.29, 0.717) is 0 Å². The second-order valence-corrected chi connectivity index (χ2v) is 4.92. The summed E-state index contributed by atoms with van der Waals surface area (Å²) in [5.41, 5.74) is 0.192. The maximum absolute atomic E-state index is 12.2. The standard InChI is InChI=1S/C15H7NO7/c17-13-9-3-1-2-4-11(9)15(22-13)21-12-7-8(16(19)20)5-6-10(12)14(18)23-15/h1-7H. The van der Waals surface area contributed by atoms with Crippen molar-refractivity contribution in [3.8, 4) is 5.75 Å². The lowest BCUT2D eigenvalue weighted by Crippen LogP contribution is -2.42. The number of esters is 2. The average Bonchev–Trinajstić information content (AvgIpc) is 2.79. The number of carbonyl (C=O) groups is 2. The molecule has 8 nitrogen and oxygen atoms in total. The number of carbonyl (C=O) groups excluding carboxylic acids is 2. The number of nitro benzene ring substituents is 1. The van der Waals surface area contributed by atoms with Crippen LogP contribution < -0.4 is 4.74 Å². The summed E-state index contributed by atoms with van der Waals surface area (Å²) in [5.74, 6) is -3.64. The molecule has 1 spiro atoms. The van der Waals surface area contributed by atoms with Gasteiger partial charge in [0.2, 0.25) is 0 Å². The summed E-state index contributed by atoms with van der Waals surface area (Å²) in [5, 5.41) is 10.9. The van der Waals surface area contributed by atoms with Gasteiger partial charge in [0.05, 0.1) is 22.1 Å². The molecule has 0 N–H and O–H groups in total. The minimum Gasteiger partial charge on any atom is -0.415 e. The molecule has 0 fully saturated rings. The fourth-order valence-corrected chi connectivity index (χ4v) is 2.53. The summed E-state index contributed by atoms with van der Waals surface area (Å²) in [7, 11) is 0. The van der Waals surface area contributed by atoms with Crippen molar-refractivity contribution in [1.29, 1.82) is 0 Å². The Morgan fingerprint density at radius 2 is 1.61 bits per heavy atom. The number of non-ortho nitro benzene ring substituents is 1. The van der Waals surface area contributed by atoms with Crippen LogP contribution in [0.4, 0.5) is 5.69 Å². The smallest absolute Gasteiger partial charge is 0.415 e. The van der Waals surface area contributed by atoms with Crippen LogP contribution in [-0.2, 0) is 15.4 Å². The number of nitro groups is 1. The Balaban J connectivity index is 1.87. The van der Waals surface area contributed by atoms with E-state index in [9.17, 15) is 19.7 Å². The summed E-state index contributed by atoms with van der Waals surface area (Å²) in [6.07, 6.45) is 0. The molecule has 114 valence electrons. The zero-order chi connectivity index (χ0) is 16.2. The van der Waals surface area contributed by atoms with E-state index in [1.54, 1.807) is 12.1 Å². The normalized spacial score (nSPS) is 21.0. The molecule has 0 radical (unpaired) electrons. The van der Waals surface area contributed by atoms with Gasteiger partial charge in [-0.15, -0.1) is 0 Å². The fraction of sp³-hybridized carbons (Fsp3) is 0.0667. The first-order valence-electron chi connectivity index (χ1n) is 6.54. The summed E-state index contributed by atoms with van der Waals surface area (Å²) < 4.78 is 15.8. The van der Waals surface area contributed by atoms with Crippen LogP contribution in [0.1, 0.15) is 26.3 Å². The van der Waals surface area contributed by atoms with Gasteiger partial charge < -0.3 is 14.2 Å². The van der Waals surface area contributed by atoms with E-state index in [2.05, 4.69) is 0 Å². The third kappa shape index (κ3) is 1.78. The molecule has 23 heavy (non-hydrogen) atoms. The van der Waals surface area contributed by atoms with Gasteiger partial charge >= 0.3 is 17.9 Å². The fourth-order valence-electron chi connectivity index (χ4n) is 2.53. The van der Waals surface area contributed by atoms with Crippen molar-refractivity contribution in [1.82, 2.24) is 0 Å². The third-order valence-corrected chi connectivity index (χ3v) is 3.57. The Morgan fingerprint density at radius 3 is 2.35 bits per heavy atom. The van der Waals surface area contributed by atoms with Gasteiger partial charge in [0.25, 0.3) is 5.69 Å². The molecule has 2 aliphatic rings. The summed E-state index contributed by atoms with van der Waals surface area (Å²) in [6, 6.07) is 9.77. The van der Waals surface area contributed by atoms with Gasteiger partial charge in [-0.05, 0) is 18.2 Å². The molecule has 2 aromatic carbocycles. The Kier molecular flexibility index (Phi) is 2.47. The summed E-state index contributed by atoms with van der Waals surface area (Å²) in [4.78, 5) is 34.4. The van der Waals surface area contributed by atoms with Gasteiger partial charge in [-0.3, -0.25) is 10.1 Å². The molecule has 0 saturated carbocycles. The number of fused-ring (bicyclic) bond motifs is 3. The maximum atomic E-state index is 12.2. The lowest BCUT2D eigenvalue weighted by molar-refractivity contribution is -0.385. The number of hydrogen-bond donors (Lipinski definition) is 0. The van der Waals surface area contributed by atoms with E-state index in [0.717, 1.165) is 12.1 Å². The Labute approximate surface area is 128 Å². The van der Waals surface area contributed by atoms with Crippen molar-refractivity contribution in [2.45, 2.75) is 5.97 Å². The van der Waals surface area contributed by atoms with Gasteiger partial charge in [0.15, 0.2) is 0 Å². The highest BCUT2D eigenvalue weighted by molar-refractivity contribution is 5.97. The summed E-state index contributed by atoms with van der Waals surface area (Å²) >= 11 is 0. The van der Waals surface area contributed by atoms with Crippen LogP contribution in [0.2, 0.25) is 0 Å². The number of ether oxygens (including phenoxy) is 3. The second-order valence-electron chi connectivity index (χ2n) is 4.92. The zero-order valence-electron chi connectivity index (χ0n) is 11.3. The van der Waals surface area contributed by atoms with Gasteiger partial charge in [-0.2, -0.15) is 0 Å². The van der Waals surface area contributed by atoms with Gasteiger partial charge in [-0.25, -0.2) is 9.59 Å². The molecule has 8 heteroatoms. The van der Waals surface area contributed by atoms with Crippen LogP contribution in [0.5, 0.6) is 5.75 Å². The number of rotatable bonds is 1. The lowest BCUT2D eigenvalue weighted by atomic mass is 10.1. The van der Waals surface area contributed by atoms with Crippen molar-refractivity contribution >= 4 is 17.6 Å². The van der Waals surface area contributed by atoms with E-state index in [-0.39, 0.29) is 28.1 Å². The van der Waals surface area contributed by atoms with Crippen LogP contribution in [-0.4, -0.2) is 16.9 Å². The van der Waals surface area contributed by atoms with E-state index in [1.165, 1.54) is 18.2 Å². The van der Waals surface area contributed by atoms with Crippen molar-refractivity contribution in [3.63, 3.8) is 0 Å².